The number of methoxy groups -OCH3 is 2. The second-order valence-electron chi connectivity index (χ2n) is 5.90. The van der Waals surface area contributed by atoms with Gasteiger partial charge in [-0.25, -0.2) is 4.98 Å². The molecule has 0 aliphatic heterocycles. The molecule has 7 heteroatoms. The van der Waals surface area contributed by atoms with Crippen molar-refractivity contribution in [1.29, 1.82) is 0 Å². The fourth-order valence-electron chi connectivity index (χ4n) is 2.58. The summed E-state index contributed by atoms with van der Waals surface area (Å²) in [5.74, 6) is 1.17. The maximum absolute atomic E-state index is 12.3. The lowest BCUT2D eigenvalue weighted by Gasteiger charge is -2.08. The van der Waals surface area contributed by atoms with E-state index in [2.05, 4.69) is 10.3 Å². The Bertz CT molecular complexity index is 972. The minimum atomic E-state index is -0.135. The van der Waals surface area contributed by atoms with E-state index in [1.165, 1.54) is 11.3 Å². The minimum Gasteiger partial charge on any atom is -0.493 e. The predicted molar refractivity (Wildman–Crippen MR) is 109 cm³/mol. The molecule has 3 rings (SSSR count). The normalized spacial score (nSPS) is 10.5. The Kier molecular flexibility index (Phi) is 5.98. The third-order valence-corrected chi connectivity index (χ3v) is 5.17. The molecule has 0 atom stereocenters. The molecule has 0 saturated heterocycles. The van der Waals surface area contributed by atoms with Gasteiger partial charge in [-0.05, 0) is 42.8 Å². The first-order valence-corrected chi connectivity index (χ1v) is 9.48. The van der Waals surface area contributed by atoms with Gasteiger partial charge in [-0.1, -0.05) is 17.7 Å². The molecule has 0 fully saturated rings. The van der Waals surface area contributed by atoms with Crippen molar-refractivity contribution >= 4 is 34.5 Å². The van der Waals surface area contributed by atoms with Crippen molar-refractivity contribution in [2.24, 2.45) is 0 Å². The number of rotatable bonds is 6. The molecular formula is C20H19ClN2O3S. The van der Waals surface area contributed by atoms with Gasteiger partial charge in [0, 0.05) is 21.7 Å². The largest absolute Gasteiger partial charge is 0.493 e. The van der Waals surface area contributed by atoms with E-state index < -0.39 is 0 Å². The summed E-state index contributed by atoms with van der Waals surface area (Å²) in [4.78, 5) is 16.9. The predicted octanol–water partition coefficient (Wildman–Crippen LogP) is 4.97. The summed E-state index contributed by atoms with van der Waals surface area (Å²) < 4.78 is 10.6. The van der Waals surface area contributed by atoms with E-state index in [9.17, 15) is 4.79 Å². The highest BCUT2D eigenvalue weighted by Gasteiger charge is 2.12. The van der Waals surface area contributed by atoms with Gasteiger partial charge in [0.25, 0.3) is 0 Å². The van der Waals surface area contributed by atoms with Crippen LogP contribution in [0.1, 0.15) is 11.3 Å². The van der Waals surface area contributed by atoms with Crippen LogP contribution in [0.2, 0.25) is 5.02 Å². The van der Waals surface area contributed by atoms with Crippen molar-refractivity contribution in [3.05, 3.63) is 58.1 Å². The molecule has 0 aliphatic carbocycles. The molecule has 5 nitrogen and oxygen atoms in total. The average Bonchev–Trinajstić information content (AvgIpc) is 3.12. The Morgan fingerprint density at radius 3 is 2.67 bits per heavy atom. The summed E-state index contributed by atoms with van der Waals surface area (Å²) in [6.45, 7) is 1.92. The van der Waals surface area contributed by atoms with E-state index >= 15 is 0 Å². The van der Waals surface area contributed by atoms with Crippen LogP contribution >= 0.6 is 22.9 Å². The molecular weight excluding hydrogens is 384 g/mol. The first-order chi connectivity index (χ1) is 13.0. The summed E-state index contributed by atoms with van der Waals surface area (Å²) in [5, 5.41) is 6.17. The fraction of sp³-hybridized carbons (Fsp3) is 0.200. The summed E-state index contributed by atoms with van der Waals surface area (Å²) in [6.07, 6.45) is 0.190. The number of benzene rings is 2. The van der Waals surface area contributed by atoms with Crippen molar-refractivity contribution in [3.63, 3.8) is 0 Å². The molecule has 1 heterocycles. The van der Waals surface area contributed by atoms with E-state index in [0.717, 1.165) is 16.1 Å². The lowest BCUT2D eigenvalue weighted by Crippen LogP contribution is -2.15. The summed E-state index contributed by atoms with van der Waals surface area (Å²) in [6, 6.07) is 11.0. The second-order valence-corrected chi connectivity index (χ2v) is 7.19. The zero-order chi connectivity index (χ0) is 19.4. The molecule has 0 unspecified atom stereocenters. The number of hydrogen-bond donors (Lipinski definition) is 1. The zero-order valence-electron chi connectivity index (χ0n) is 15.2. The number of thiazole rings is 1. The Balaban J connectivity index is 1.72. The number of carbonyl (C=O) groups is 1. The molecule has 1 aromatic heterocycles. The van der Waals surface area contributed by atoms with Crippen LogP contribution < -0.4 is 14.8 Å². The van der Waals surface area contributed by atoms with Gasteiger partial charge >= 0.3 is 0 Å². The smallest absolute Gasteiger partial charge is 0.230 e. The van der Waals surface area contributed by atoms with Gasteiger partial charge in [-0.2, -0.15) is 0 Å². The van der Waals surface area contributed by atoms with E-state index in [1.807, 2.05) is 36.6 Å². The summed E-state index contributed by atoms with van der Waals surface area (Å²) in [5.41, 5.74) is 3.29. The number of ether oxygens (including phenoxy) is 2. The number of carbonyl (C=O) groups excluding carboxylic acids is 1. The molecule has 27 heavy (non-hydrogen) atoms. The molecule has 0 spiro atoms. The molecule has 0 aliphatic rings. The monoisotopic (exact) mass is 402 g/mol. The Hall–Kier alpha value is -2.57. The maximum atomic E-state index is 12.3. The number of aromatic nitrogens is 1. The van der Waals surface area contributed by atoms with Crippen molar-refractivity contribution < 1.29 is 14.3 Å². The number of aryl methyl sites for hydroxylation is 1. The van der Waals surface area contributed by atoms with Gasteiger partial charge in [-0.3, -0.25) is 4.79 Å². The van der Waals surface area contributed by atoms with Crippen LogP contribution in [0.25, 0.3) is 10.6 Å². The SMILES string of the molecule is COc1ccc(-c2nc(CC(=O)Nc3cc(Cl)ccc3C)cs2)cc1OC. The topological polar surface area (TPSA) is 60.5 Å². The van der Waals surface area contributed by atoms with Crippen LogP contribution in [0.5, 0.6) is 11.5 Å². The van der Waals surface area contributed by atoms with Crippen LogP contribution in [-0.2, 0) is 11.2 Å². The lowest BCUT2D eigenvalue weighted by molar-refractivity contribution is -0.115. The molecule has 0 radical (unpaired) electrons. The molecule has 1 amide bonds. The van der Waals surface area contributed by atoms with Crippen LogP contribution in [0.4, 0.5) is 5.69 Å². The number of halogens is 1. The third kappa shape index (κ3) is 4.59. The van der Waals surface area contributed by atoms with Gasteiger partial charge in [0.1, 0.15) is 5.01 Å². The first kappa shape index (κ1) is 19.2. The highest BCUT2D eigenvalue weighted by molar-refractivity contribution is 7.13. The van der Waals surface area contributed by atoms with Crippen molar-refractivity contribution in [3.8, 4) is 22.1 Å². The van der Waals surface area contributed by atoms with E-state index in [-0.39, 0.29) is 12.3 Å². The van der Waals surface area contributed by atoms with Crippen LogP contribution in [0, 0.1) is 6.92 Å². The third-order valence-electron chi connectivity index (χ3n) is 4.00. The van der Waals surface area contributed by atoms with Gasteiger partial charge in [0.15, 0.2) is 11.5 Å². The first-order valence-electron chi connectivity index (χ1n) is 8.23. The van der Waals surface area contributed by atoms with E-state index in [1.54, 1.807) is 26.4 Å². The fourth-order valence-corrected chi connectivity index (χ4v) is 3.57. The highest BCUT2D eigenvalue weighted by atomic mass is 35.5. The van der Waals surface area contributed by atoms with Gasteiger partial charge in [0.05, 0.1) is 26.3 Å². The molecule has 3 aromatic rings. The van der Waals surface area contributed by atoms with E-state index in [0.29, 0.717) is 27.9 Å². The Labute approximate surface area is 166 Å². The molecule has 140 valence electrons. The van der Waals surface area contributed by atoms with Crippen molar-refractivity contribution in [2.45, 2.75) is 13.3 Å². The standard InChI is InChI=1S/C20H19ClN2O3S/c1-12-4-6-14(21)9-16(12)23-19(24)10-15-11-27-20(22-15)13-5-7-17(25-2)18(8-13)26-3/h4-9,11H,10H2,1-3H3,(H,23,24). The van der Waals surface area contributed by atoms with Crippen LogP contribution in [-0.4, -0.2) is 25.1 Å². The van der Waals surface area contributed by atoms with E-state index in [4.69, 9.17) is 21.1 Å². The quantitative estimate of drug-likeness (QED) is 0.632. The van der Waals surface area contributed by atoms with Crippen molar-refractivity contribution in [1.82, 2.24) is 4.98 Å². The Morgan fingerprint density at radius 2 is 1.93 bits per heavy atom. The molecule has 0 saturated carbocycles. The van der Waals surface area contributed by atoms with Gasteiger partial charge in [-0.15, -0.1) is 11.3 Å². The zero-order valence-corrected chi connectivity index (χ0v) is 16.8. The van der Waals surface area contributed by atoms with Crippen LogP contribution in [0.15, 0.2) is 41.8 Å². The number of hydrogen-bond acceptors (Lipinski definition) is 5. The molecule has 1 N–H and O–H groups in total. The number of nitrogens with zero attached hydrogens (tertiary/aromatic N) is 1. The second kappa shape index (κ2) is 8.41. The number of anilines is 1. The van der Waals surface area contributed by atoms with Crippen LogP contribution in [0.3, 0.4) is 0 Å². The number of nitrogens with one attached hydrogen (secondary N) is 1. The van der Waals surface area contributed by atoms with Gasteiger partial charge < -0.3 is 14.8 Å². The average molecular weight is 403 g/mol. The van der Waals surface area contributed by atoms with Gasteiger partial charge in [0.2, 0.25) is 5.91 Å². The molecule has 2 aromatic carbocycles. The highest BCUT2D eigenvalue weighted by Crippen LogP contribution is 2.33. The molecule has 0 bridgehead atoms. The maximum Gasteiger partial charge on any atom is 0.230 e. The summed E-state index contributed by atoms with van der Waals surface area (Å²) in [7, 11) is 3.19. The minimum absolute atomic E-state index is 0.135. The van der Waals surface area contributed by atoms with Crippen molar-refractivity contribution in [2.75, 3.05) is 19.5 Å². The lowest BCUT2D eigenvalue weighted by atomic mass is 10.2. The Morgan fingerprint density at radius 1 is 1.15 bits per heavy atom. The summed E-state index contributed by atoms with van der Waals surface area (Å²) >= 11 is 7.48. The number of amides is 1.